The predicted molar refractivity (Wildman–Crippen MR) is 110 cm³/mol. The van der Waals surface area contributed by atoms with Crippen LogP contribution in [0.5, 0.6) is 0 Å². The Balaban J connectivity index is 2.02. The highest BCUT2D eigenvalue weighted by Crippen LogP contribution is 2.29. The summed E-state index contributed by atoms with van der Waals surface area (Å²) in [6.45, 7) is 4.67. The minimum absolute atomic E-state index is 0.103. The maximum Gasteiger partial charge on any atom is 0.267 e. The van der Waals surface area contributed by atoms with Gasteiger partial charge in [-0.15, -0.1) is 11.3 Å². The van der Waals surface area contributed by atoms with E-state index in [0.717, 1.165) is 10.4 Å². The number of aryl methyl sites for hydroxylation is 2. The van der Waals surface area contributed by atoms with Gasteiger partial charge in [0.15, 0.2) is 5.16 Å². The second-order valence-corrected chi connectivity index (χ2v) is 8.25. The van der Waals surface area contributed by atoms with Crippen molar-refractivity contribution in [3.63, 3.8) is 0 Å². The molecular formula is C19H20FN3O3S2. The van der Waals surface area contributed by atoms with Crippen molar-refractivity contribution in [1.82, 2.24) is 14.9 Å². The average molecular weight is 422 g/mol. The van der Waals surface area contributed by atoms with Crippen LogP contribution in [0.4, 0.5) is 4.39 Å². The number of aromatic nitrogens is 2. The highest BCUT2D eigenvalue weighted by molar-refractivity contribution is 7.99. The lowest BCUT2D eigenvalue weighted by molar-refractivity contribution is -0.118. The number of hydrogen-bond acceptors (Lipinski definition) is 6. The number of rotatable bonds is 7. The van der Waals surface area contributed by atoms with E-state index in [9.17, 15) is 14.0 Å². The van der Waals surface area contributed by atoms with Gasteiger partial charge in [-0.25, -0.2) is 9.37 Å². The van der Waals surface area contributed by atoms with Crippen LogP contribution in [-0.4, -0.2) is 41.5 Å². The van der Waals surface area contributed by atoms with Gasteiger partial charge in [-0.2, -0.15) is 0 Å². The van der Waals surface area contributed by atoms with Crippen LogP contribution < -0.4 is 10.9 Å². The zero-order chi connectivity index (χ0) is 20.3. The number of carbonyl (C=O) groups excluding carboxylic acids is 1. The van der Waals surface area contributed by atoms with Gasteiger partial charge in [0, 0.05) is 18.5 Å². The van der Waals surface area contributed by atoms with Crippen LogP contribution in [-0.2, 0) is 9.53 Å². The van der Waals surface area contributed by atoms with Gasteiger partial charge in [0.05, 0.1) is 23.4 Å². The molecule has 2 heterocycles. The standard InChI is InChI=1S/C19H20FN3O3S2/c1-11-12(2)28-17-16(11)18(25)23(14-6-4-13(20)5-7-14)19(22-17)27-10-15(24)21-8-9-26-3/h4-7H,8-10H2,1-3H3,(H,21,24). The van der Waals surface area contributed by atoms with E-state index in [2.05, 4.69) is 10.3 Å². The Hall–Kier alpha value is -2.23. The lowest BCUT2D eigenvalue weighted by atomic mass is 10.2. The summed E-state index contributed by atoms with van der Waals surface area (Å²) in [7, 11) is 1.56. The normalized spacial score (nSPS) is 11.1. The number of benzene rings is 1. The van der Waals surface area contributed by atoms with Gasteiger partial charge in [0.25, 0.3) is 5.56 Å². The number of amides is 1. The van der Waals surface area contributed by atoms with Crippen molar-refractivity contribution in [1.29, 1.82) is 0 Å². The molecule has 0 saturated carbocycles. The molecule has 0 radical (unpaired) electrons. The minimum atomic E-state index is -0.389. The molecule has 1 amide bonds. The SMILES string of the molecule is COCCNC(=O)CSc1nc2sc(C)c(C)c2c(=O)n1-c1ccc(F)cc1. The molecule has 28 heavy (non-hydrogen) atoms. The summed E-state index contributed by atoms with van der Waals surface area (Å²) < 4.78 is 19.7. The fourth-order valence-electron chi connectivity index (χ4n) is 2.66. The molecule has 0 unspecified atom stereocenters. The van der Waals surface area contributed by atoms with Crippen LogP contribution in [0.25, 0.3) is 15.9 Å². The molecule has 1 N–H and O–H groups in total. The molecule has 6 nitrogen and oxygen atoms in total. The third-order valence-electron chi connectivity index (χ3n) is 4.22. The Bertz CT molecular complexity index is 1060. The molecule has 3 aromatic rings. The van der Waals surface area contributed by atoms with E-state index in [1.54, 1.807) is 7.11 Å². The van der Waals surface area contributed by atoms with Crippen LogP contribution in [0.3, 0.4) is 0 Å². The van der Waals surface area contributed by atoms with E-state index in [1.165, 1.54) is 51.9 Å². The maximum atomic E-state index is 13.4. The van der Waals surface area contributed by atoms with Crippen molar-refractivity contribution in [3.05, 3.63) is 50.9 Å². The Morgan fingerprint density at radius 2 is 2.04 bits per heavy atom. The molecule has 0 fully saturated rings. The summed E-state index contributed by atoms with van der Waals surface area (Å²) in [6, 6.07) is 5.65. The summed E-state index contributed by atoms with van der Waals surface area (Å²) in [6.07, 6.45) is 0. The van der Waals surface area contributed by atoms with Crippen molar-refractivity contribution >= 4 is 39.2 Å². The molecule has 0 aliphatic heterocycles. The summed E-state index contributed by atoms with van der Waals surface area (Å²) >= 11 is 2.62. The highest BCUT2D eigenvalue weighted by Gasteiger charge is 2.18. The van der Waals surface area contributed by atoms with E-state index >= 15 is 0 Å². The zero-order valence-corrected chi connectivity index (χ0v) is 17.4. The number of fused-ring (bicyclic) bond motifs is 1. The lowest BCUT2D eigenvalue weighted by Gasteiger charge is -2.12. The van der Waals surface area contributed by atoms with Gasteiger partial charge < -0.3 is 10.1 Å². The van der Waals surface area contributed by atoms with Gasteiger partial charge in [0.1, 0.15) is 10.6 Å². The van der Waals surface area contributed by atoms with E-state index < -0.39 is 0 Å². The highest BCUT2D eigenvalue weighted by atomic mass is 32.2. The Labute approximate surface area is 169 Å². The Morgan fingerprint density at radius 3 is 2.71 bits per heavy atom. The molecule has 0 bridgehead atoms. The molecule has 0 saturated heterocycles. The summed E-state index contributed by atoms with van der Waals surface area (Å²) in [5, 5.41) is 3.69. The number of methoxy groups -OCH3 is 1. The summed E-state index contributed by atoms with van der Waals surface area (Å²) in [4.78, 5) is 31.6. The van der Waals surface area contributed by atoms with Gasteiger partial charge >= 0.3 is 0 Å². The number of nitrogens with zero attached hydrogens (tertiary/aromatic N) is 2. The van der Waals surface area contributed by atoms with Crippen LogP contribution in [0.1, 0.15) is 10.4 Å². The van der Waals surface area contributed by atoms with E-state index in [-0.39, 0.29) is 23.0 Å². The topological polar surface area (TPSA) is 73.2 Å². The Kier molecular flexibility index (Phi) is 6.48. The number of carbonyl (C=O) groups is 1. The number of thiophene rings is 1. The lowest BCUT2D eigenvalue weighted by Crippen LogP contribution is -2.29. The third-order valence-corrected chi connectivity index (χ3v) is 6.26. The second kappa shape index (κ2) is 8.85. The van der Waals surface area contributed by atoms with Crippen molar-refractivity contribution in [2.24, 2.45) is 0 Å². The number of halogens is 1. The van der Waals surface area contributed by atoms with Crippen LogP contribution in [0.15, 0.2) is 34.2 Å². The van der Waals surface area contributed by atoms with Crippen molar-refractivity contribution < 1.29 is 13.9 Å². The molecule has 2 aromatic heterocycles. The molecule has 0 aliphatic carbocycles. The monoisotopic (exact) mass is 421 g/mol. The molecule has 9 heteroatoms. The molecule has 1 aromatic carbocycles. The number of nitrogens with one attached hydrogen (secondary N) is 1. The van der Waals surface area contributed by atoms with Gasteiger partial charge in [0.2, 0.25) is 5.91 Å². The molecular weight excluding hydrogens is 401 g/mol. The van der Waals surface area contributed by atoms with E-state index in [1.807, 2.05) is 13.8 Å². The van der Waals surface area contributed by atoms with Crippen molar-refractivity contribution in [2.45, 2.75) is 19.0 Å². The summed E-state index contributed by atoms with van der Waals surface area (Å²) in [5.41, 5.74) is 1.18. The van der Waals surface area contributed by atoms with E-state index in [4.69, 9.17) is 4.74 Å². The fraction of sp³-hybridized carbons (Fsp3) is 0.316. The van der Waals surface area contributed by atoms with Crippen molar-refractivity contribution in [2.75, 3.05) is 26.0 Å². The number of thioether (sulfide) groups is 1. The largest absolute Gasteiger partial charge is 0.383 e. The molecule has 0 atom stereocenters. The zero-order valence-electron chi connectivity index (χ0n) is 15.7. The number of ether oxygens (including phenoxy) is 1. The number of hydrogen-bond donors (Lipinski definition) is 1. The minimum Gasteiger partial charge on any atom is -0.383 e. The van der Waals surface area contributed by atoms with Crippen LogP contribution in [0, 0.1) is 19.7 Å². The first kappa shape index (κ1) is 20.5. The maximum absolute atomic E-state index is 13.4. The molecule has 0 aliphatic rings. The van der Waals surface area contributed by atoms with Gasteiger partial charge in [-0.05, 0) is 43.7 Å². The quantitative estimate of drug-likeness (QED) is 0.361. The van der Waals surface area contributed by atoms with Crippen LogP contribution in [0.2, 0.25) is 0 Å². The smallest absolute Gasteiger partial charge is 0.267 e. The second-order valence-electron chi connectivity index (χ2n) is 6.11. The van der Waals surface area contributed by atoms with Crippen molar-refractivity contribution in [3.8, 4) is 5.69 Å². The molecule has 3 rings (SSSR count). The van der Waals surface area contributed by atoms with E-state index in [0.29, 0.717) is 34.2 Å². The van der Waals surface area contributed by atoms with Gasteiger partial charge in [-0.1, -0.05) is 11.8 Å². The Morgan fingerprint density at radius 1 is 1.32 bits per heavy atom. The van der Waals surface area contributed by atoms with Crippen LogP contribution >= 0.6 is 23.1 Å². The molecule has 148 valence electrons. The average Bonchev–Trinajstić information content (AvgIpc) is 2.95. The van der Waals surface area contributed by atoms with Gasteiger partial charge in [-0.3, -0.25) is 14.2 Å². The fourth-order valence-corrected chi connectivity index (χ4v) is 4.58. The predicted octanol–water partition coefficient (Wildman–Crippen LogP) is 3.06. The summed E-state index contributed by atoms with van der Waals surface area (Å²) in [5.74, 6) is -0.465. The molecule has 0 spiro atoms. The first-order chi connectivity index (χ1) is 13.4. The third kappa shape index (κ3) is 4.26. The first-order valence-corrected chi connectivity index (χ1v) is 10.4. The first-order valence-electron chi connectivity index (χ1n) is 8.59.